The number of allylic oxidation sites excluding steroid dienone is 3. The predicted molar refractivity (Wildman–Crippen MR) is 90.8 cm³/mol. The van der Waals surface area contributed by atoms with Crippen LogP contribution in [0.1, 0.15) is 59.8 Å². The molecule has 0 N–H and O–H groups in total. The highest BCUT2D eigenvalue weighted by Crippen LogP contribution is 2.42. The molecule has 4 nitrogen and oxygen atoms in total. The van der Waals surface area contributed by atoms with Gasteiger partial charge >= 0.3 is 11.9 Å². The molecule has 0 fully saturated rings. The van der Waals surface area contributed by atoms with Gasteiger partial charge in [-0.05, 0) is 51.4 Å². The van der Waals surface area contributed by atoms with Crippen LogP contribution in [0.2, 0.25) is 0 Å². The zero-order valence-corrected chi connectivity index (χ0v) is 15.3. The molecular weight excluding hydrogens is 292 g/mol. The molecule has 0 unspecified atom stereocenters. The van der Waals surface area contributed by atoms with Crippen molar-refractivity contribution in [3.63, 3.8) is 0 Å². The summed E-state index contributed by atoms with van der Waals surface area (Å²) in [5, 5.41) is 0. The van der Waals surface area contributed by atoms with E-state index in [0.717, 1.165) is 18.4 Å². The van der Waals surface area contributed by atoms with E-state index in [2.05, 4.69) is 30.2 Å². The summed E-state index contributed by atoms with van der Waals surface area (Å²) in [6, 6.07) is 0. The van der Waals surface area contributed by atoms with Gasteiger partial charge in [0.25, 0.3) is 0 Å². The maximum absolute atomic E-state index is 11.7. The molecule has 0 radical (unpaired) electrons. The normalized spacial score (nSPS) is 18.1. The average Bonchev–Trinajstić information content (AvgIpc) is 2.50. The van der Waals surface area contributed by atoms with Crippen molar-refractivity contribution in [3.8, 4) is 0 Å². The molecule has 23 heavy (non-hydrogen) atoms. The van der Waals surface area contributed by atoms with Gasteiger partial charge in [0.15, 0.2) is 5.92 Å². The maximum Gasteiger partial charge on any atom is 0.323 e. The van der Waals surface area contributed by atoms with Crippen LogP contribution in [-0.4, -0.2) is 26.2 Å². The van der Waals surface area contributed by atoms with Crippen LogP contribution in [0.15, 0.2) is 22.8 Å². The summed E-state index contributed by atoms with van der Waals surface area (Å²) < 4.78 is 9.37. The molecule has 130 valence electrons. The summed E-state index contributed by atoms with van der Waals surface area (Å²) in [4.78, 5) is 23.5. The van der Waals surface area contributed by atoms with E-state index in [1.807, 2.05) is 6.92 Å². The minimum atomic E-state index is -0.973. The molecule has 4 heteroatoms. The number of carbonyl (C=O) groups excluding carboxylic acids is 2. The fourth-order valence-corrected chi connectivity index (χ4v) is 3.40. The number of esters is 2. The Labute approximate surface area is 139 Å². The first-order valence-electron chi connectivity index (χ1n) is 8.25. The van der Waals surface area contributed by atoms with E-state index in [9.17, 15) is 9.59 Å². The lowest BCUT2D eigenvalue weighted by Crippen LogP contribution is -2.25. The Morgan fingerprint density at radius 2 is 1.78 bits per heavy atom. The third kappa shape index (κ3) is 5.22. The monoisotopic (exact) mass is 322 g/mol. The summed E-state index contributed by atoms with van der Waals surface area (Å²) in [5.74, 6) is -2.13. The Balaban J connectivity index is 2.83. The number of ether oxygens (including phenoxy) is 2. The zero-order chi connectivity index (χ0) is 17.6. The number of hydrogen-bond acceptors (Lipinski definition) is 4. The van der Waals surface area contributed by atoms with Gasteiger partial charge in [0.1, 0.15) is 0 Å². The Bertz CT molecular complexity index is 495. The summed E-state index contributed by atoms with van der Waals surface area (Å²) >= 11 is 0. The summed E-state index contributed by atoms with van der Waals surface area (Å²) in [7, 11) is 2.56. The number of carbonyl (C=O) groups is 2. The minimum absolute atomic E-state index is 0.243. The van der Waals surface area contributed by atoms with Crippen molar-refractivity contribution in [1.29, 1.82) is 0 Å². The smallest absolute Gasteiger partial charge is 0.323 e. The highest BCUT2D eigenvalue weighted by molar-refractivity contribution is 5.96. The van der Waals surface area contributed by atoms with E-state index < -0.39 is 17.9 Å². The molecule has 0 saturated heterocycles. The van der Waals surface area contributed by atoms with Crippen LogP contribution in [0.5, 0.6) is 0 Å². The molecule has 0 aliphatic heterocycles. The number of hydrogen-bond donors (Lipinski definition) is 0. The third-order valence-electron chi connectivity index (χ3n) is 4.82. The fourth-order valence-electron chi connectivity index (χ4n) is 3.40. The first-order chi connectivity index (χ1) is 10.7. The summed E-state index contributed by atoms with van der Waals surface area (Å²) in [5.41, 5.74) is 4.26. The molecule has 1 rings (SSSR count). The van der Waals surface area contributed by atoms with Crippen LogP contribution >= 0.6 is 0 Å². The van der Waals surface area contributed by atoms with Crippen molar-refractivity contribution in [3.05, 3.63) is 22.8 Å². The molecule has 0 aromatic carbocycles. The first-order valence-corrected chi connectivity index (χ1v) is 8.25. The van der Waals surface area contributed by atoms with Crippen LogP contribution in [0, 0.1) is 11.3 Å². The summed E-state index contributed by atoms with van der Waals surface area (Å²) in [6.45, 7) is 8.77. The van der Waals surface area contributed by atoms with E-state index in [-0.39, 0.29) is 5.41 Å². The van der Waals surface area contributed by atoms with Crippen LogP contribution in [0.3, 0.4) is 0 Å². The van der Waals surface area contributed by atoms with Crippen molar-refractivity contribution < 1.29 is 19.1 Å². The third-order valence-corrected chi connectivity index (χ3v) is 4.82. The van der Waals surface area contributed by atoms with Crippen LogP contribution in [0.25, 0.3) is 0 Å². The molecule has 0 aromatic heterocycles. The molecule has 0 aromatic rings. The molecule has 0 amide bonds. The van der Waals surface area contributed by atoms with Crippen LogP contribution in [0.4, 0.5) is 0 Å². The predicted octanol–water partition coefficient (Wildman–Crippen LogP) is 4.20. The largest absolute Gasteiger partial charge is 0.468 e. The van der Waals surface area contributed by atoms with Crippen molar-refractivity contribution in [1.82, 2.24) is 0 Å². The molecule has 0 saturated carbocycles. The second-order valence-corrected chi connectivity index (χ2v) is 7.03. The second-order valence-electron chi connectivity index (χ2n) is 7.03. The number of rotatable bonds is 6. The lowest BCUT2D eigenvalue weighted by atomic mass is 9.71. The van der Waals surface area contributed by atoms with Gasteiger partial charge in [0, 0.05) is 0 Å². The Morgan fingerprint density at radius 3 is 2.26 bits per heavy atom. The molecule has 0 atom stereocenters. The lowest BCUT2D eigenvalue weighted by Gasteiger charge is -2.35. The van der Waals surface area contributed by atoms with Crippen LogP contribution in [-0.2, 0) is 19.1 Å². The van der Waals surface area contributed by atoms with E-state index in [0.29, 0.717) is 0 Å². The average molecular weight is 322 g/mol. The van der Waals surface area contributed by atoms with Gasteiger partial charge < -0.3 is 9.47 Å². The maximum atomic E-state index is 11.7. The Hall–Kier alpha value is -1.58. The van der Waals surface area contributed by atoms with Crippen LogP contribution < -0.4 is 0 Å². The molecule has 0 bridgehead atoms. The van der Waals surface area contributed by atoms with Gasteiger partial charge in [-0.25, -0.2) is 0 Å². The highest BCUT2D eigenvalue weighted by atomic mass is 16.5. The topological polar surface area (TPSA) is 52.6 Å². The van der Waals surface area contributed by atoms with Gasteiger partial charge in [-0.1, -0.05) is 36.6 Å². The van der Waals surface area contributed by atoms with Gasteiger partial charge in [0.2, 0.25) is 0 Å². The van der Waals surface area contributed by atoms with E-state index >= 15 is 0 Å². The Morgan fingerprint density at radius 1 is 1.22 bits per heavy atom. The van der Waals surface area contributed by atoms with Crippen molar-refractivity contribution >= 4 is 11.9 Å². The standard InChI is InChI=1S/C19H30O4/c1-13(12-15(17(20)22-5)18(21)23-6)9-10-16-14(2)8-7-11-19(16,3)4/h12,15H,7-11H2,1-6H3/b13-12+. The summed E-state index contributed by atoms with van der Waals surface area (Å²) in [6.07, 6.45) is 7.12. The molecule has 0 spiro atoms. The van der Waals surface area contributed by atoms with Gasteiger partial charge in [-0.3, -0.25) is 9.59 Å². The minimum Gasteiger partial charge on any atom is -0.468 e. The van der Waals surface area contributed by atoms with Crippen molar-refractivity contribution in [2.24, 2.45) is 11.3 Å². The lowest BCUT2D eigenvalue weighted by molar-refractivity contribution is -0.156. The van der Waals surface area contributed by atoms with Gasteiger partial charge in [-0.15, -0.1) is 0 Å². The fraction of sp³-hybridized carbons (Fsp3) is 0.684. The SMILES string of the molecule is COC(=O)C(/C=C(\C)CCC1=C(C)CCCC1(C)C)C(=O)OC. The van der Waals surface area contributed by atoms with E-state index in [1.54, 1.807) is 6.08 Å². The zero-order valence-electron chi connectivity index (χ0n) is 15.3. The second kappa shape index (κ2) is 8.32. The van der Waals surface area contributed by atoms with Crippen molar-refractivity contribution in [2.45, 2.75) is 59.8 Å². The van der Waals surface area contributed by atoms with E-state index in [1.165, 1.54) is 44.6 Å². The number of methoxy groups -OCH3 is 2. The highest BCUT2D eigenvalue weighted by Gasteiger charge is 2.29. The molecule has 1 aliphatic carbocycles. The van der Waals surface area contributed by atoms with Gasteiger partial charge in [0.05, 0.1) is 14.2 Å². The first kappa shape index (κ1) is 19.5. The Kier molecular flexibility index (Phi) is 7.04. The van der Waals surface area contributed by atoms with E-state index in [4.69, 9.17) is 0 Å². The molecule has 0 heterocycles. The quantitative estimate of drug-likeness (QED) is 0.418. The van der Waals surface area contributed by atoms with Crippen molar-refractivity contribution in [2.75, 3.05) is 14.2 Å². The van der Waals surface area contributed by atoms with Gasteiger partial charge in [-0.2, -0.15) is 0 Å². The molecule has 1 aliphatic rings. The molecular formula is C19H30O4.